The molecule has 0 aromatic heterocycles. The maximum atomic E-state index is 10.4. The van der Waals surface area contributed by atoms with Gasteiger partial charge in [-0.1, -0.05) is 0 Å². The Morgan fingerprint density at radius 1 is 1.62 bits per heavy atom. The summed E-state index contributed by atoms with van der Waals surface area (Å²) in [5.74, 6) is -0.224. The quantitative estimate of drug-likeness (QED) is 0.725. The van der Waals surface area contributed by atoms with E-state index in [1.807, 2.05) is 0 Å². The van der Waals surface area contributed by atoms with Gasteiger partial charge < -0.3 is 9.84 Å². The molecule has 70 valence electrons. The lowest BCUT2D eigenvalue weighted by Gasteiger charge is -2.04. The van der Waals surface area contributed by atoms with Gasteiger partial charge in [-0.05, 0) is 23.8 Å². The topological polar surface area (TPSA) is 46.5 Å². The SMILES string of the molecule is COc1ccc(S)c(CC(=O)O)c1. The maximum Gasteiger partial charge on any atom is 0.307 e. The van der Waals surface area contributed by atoms with E-state index >= 15 is 0 Å². The fourth-order valence-electron chi connectivity index (χ4n) is 0.993. The predicted octanol–water partition coefficient (Wildman–Crippen LogP) is 1.61. The van der Waals surface area contributed by atoms with Crippen molar-refractivity contribution in [1.82, 2.24) is 0 Å². The number of hydrogen-bond donors (Lipinski definition) is 2. The molecule has 0 aliphatic rings. The second-order valence-electron chi connectivity index (χ2n) is 2.57. The van der Waals surface area contributed by atoms with E-state index in [0.29, 0.717) is 16.2 Å². The lowest BCUT2D eigenvalue weighted by Crippen LogP contribution is -2.01. The van der Waals surface area contributed by atoms with Gasteiger partial charge >= 0.3 is 5.97 Å². The first-order valence-corrected chi connectivity index (χ1v) is 4.16. The minimum Gasteiger partial charge on any atom is -0.497 e. The Kier molecular flexibility index (Phi) is 3.19. The Bertz CT molecular complexity index is 323. The van der Waals surface area contributed by atoms with Crippen molar-refractivity contribution in [2.45, 2.75) is 11.3 Å². The van der Waals surface area contributed by atoms with Crippen molar-refractivity contribution in [3.63, 3.8) is 0 Å². The van der Waals surface area contributed by atoms with E-state index in [0.717, 1.165) is 0 Å². The van der Waals surface area contributed by atoms with Gasteiger partial charge in [-0.15, -0.1) is 12.6 Å². The first-order chi connectivity index (χ1) is 6.13. The molecule has 0 radical (unpaired) electrons. The largest absolute Gasteiger partial charge is 0.497 e. The summed E-state index contributed by atoms with van der Waals surface area (Å²) in [7, 11) is 1.54. The Morgan fingerprint density at radius 3 is 2.85 bits per heavy atom. The van der Waals surface area contributed by atoms with Gasteiger partial charge in [-0.25, -0.2) is 0 Å². The first-order valence-electron chi connectivity index (χ1n) is 3.71. The van der Waals surface area contributed by atoms with Crippen molar-refractivity contribution < 1.29 is 14.6 Å². The van der Waals surface area contributed by atoms with E-state index in [1.54, 1.807) is 18.2 Å². The molecular weight excluding hydrogens is 188 g/mol. The summed E-state index contributed by atoms with van der Waals surface area (Å²) in [6.45, 7) is 0. The van der Waals surface area contributed by atoms with E-state index in [4.69, 9.17) is 9.84 Å². The average Bonchev–Trinajstić information content (AvgIpc) is 2.08. The van der Waals surface area contributed by atoms with Gasteiger partial charge in [0.05, 0.1) is 13.5 Å². The zero-order chi connectivity index (χ0) is 9.84. The van der Waals surface area contributed by atoms with Crippen LogP contribution in [0.4, 0.5) is 0 Å². The summed E-state index contributed by atoms with van der Waals surface area (Å²) in [6, 6.07) is 5.14. The number of hydrogen-bond acceptors (Lipinski definition) is 3. The Labute approximate surface area is 81.8 Å². The number of carboxylic acids is 1. The average molecular weight is 198 g/mol. The molecule has 0 aliphatic carbocycles. The van der Waals surface area contributed by atoms with Crippen LogP contribution in [-0.2, 0) is 11.2 Å². The van der Waals surface area contributed by atoms with Crippen LogP contribution in [0.3, 0.4) is 0 Å². The molecule has 1 rings (SSSR count). The minimum atomic E-state index is -0.872. The molecule has 0 spiro atoms. The van der Waals surface area contributed by atoms with Crippen LogP contribution in [0.1, 0.15) is 5.56 Å². The third-order valence-corrected chi connectivity index (χ3v) is 2.06. The molecular formula is C9H10O3S. The summed E-state index contributed by atoms with van der Waals surface area (Å²) in [6.07, 6.45) is -0.0317. The van der Waals surface area contributed by atoms with Crippen LogP contribution in [0, 0.1) is 0 Å². The lowest BCUT2D eigenvalue weighted by atomic mass is 10.1. The number of methoxy groups -OCH3 is 1. The van der Waals surface area contributed by atoms with Gasteiger partial charge in [0.15, 0.2) is 0 Å². The molecule has 0 heterocycles. The number of benzene rings is 1. The van der Waals surface area contributed by atoms with Crippen molar-refractivity contribution in [2.24, 2.45) is 0 Å². The molecule has 4 heteroatoms. The van der Waals surface area contributed by atoms with Gasteiger partial charge in [-0.2, -0.15) is 0 Å². The molecule has 0 amide bonds. The monoisotopic (exact) mass is 198 g/mol. The summed E-state index contributed by atoms with van der Waals surface area (Å²) in [5.41, 5.74) is 0.662. The first kappa shape index (κ1) is 9.92. The number of ether oxygens (including phenoxy) is 1. The maximum absolute atomic E-state index is 10.4. The van der Waals surface area contributed by atoms with Gasteiger partial charge in [0, 0.05) is 4.90 Å². The second-order valence-corrected chi connectivity index (χ2v) is 3.05. The van der Waals surface area contributed by atoms with Crippen LogP contribution in [0.15, 0.2) is 23.1 Å². The van der Waals surface area contributed by atoms with Crippen molar-refractivity contribution in [2.75, 3.05) is 7.11 Å². The van der Waals surface area contributed by atoms with Crippen LogP contribution >= 0.6 is 12.6 Å². The zero-order valence-corrected chi connectivity index (χ0v) is 8.04. The van der Waals surface area contributed by atoms with Crippen LogP contribution in [-0.4, -0.2) is 18.2 Å². The second kappa shape index (κ2) is 4.18. The molecule has 0 aliphatic heterocycles. The fourth-order valence-corrected chi connectivity index (χ4v) is 1.21. The summed E-state index contributed by atoms with van der Waals surface area (Å²) in [4.78, 5) is 11.1. The van der Waals surface area contributed by atoms with Crippen molar-refractivity contribution in [3.8, 4) is 5.75 Å². The zero-order valence-electron chi connectivity index (χ0n) is 7.15. The molecule has 0 unspecified atom stereocenters. The van der Waals surface area contributed by atoms with E-state index in [9.17, 15) is 4.79 Å². The highest BCUT2D eigenvalue weighted by Crippen LogP contribution is 2.20. The van der Waals surface area contributed by atoms with Gasteiger partial charge in [-0.3, -0.25) is 4.79 Å². The molecule has 0 saturated carbocycles. The molecule has 13 heavy (non-hydrogen) atoms. The number of thiol groups is 1. The predicted molar refractivity (Wildman–Crippen MR) is 51.6 cm³/mol. The highest BCUT2D eigenvalue weighted by atomic mass is 32.1. The number of carboxylic acid groups (broad SMARTS) is 1. The normalized spacial score (nSPS) is 9.69. The van der Waals surface area contributed by atoms with Crippen LogP contribution in [0.25, 0.3) is 0 Å². The summed E-state index contributed by atoms with van der Waals surface area (Å²) in [5, 5.41) is 8.58. The van der Waals surface area contributed by atoms with Gasteiger partial charge in [0.1, 0.15) is 5.75 Å². The Hall–Kier alpha value is -1.16. The lowest BCUT2D eigenvalue weighted by molar-refractivity contribution is -0.136. The molecule has 1 aromatic carbocycles. The Morgan fingerprint density at radius 2 is 2.31 bits per heavy atom. The Balaban J connectivity index is 2.96. The van der Waals surface area contributed by atoms with Gasteiger partial charge in [0.2, 0.25) is 0 Å². The fraction of sp³-hybridized carbons (Fsp3) is 0.222. The molecule has 1 aromatic rings. The summed E-state index contributed by atoms with van der Waals surface area (Å²) < 4.78 is 4.96. The minimum absolute atomic E-state index is 0.0317. The van der Waals surface area contributed by atoms with E-state index < -0.39 is 5.97 Å². The van der Waals surface area contributed by atoms with Crippen LogP contribution in [0.5, 0.6) is 5.75 Å². The molecule has 0 bridgehead atoms. The highest BCUT2D eigenvalue weighted by molar-refractivity contribution is 7.80. The van der Waals surface area contributed by atoms with E-state index in [2.05, 4.69) is 12.6 Å². The van der Waals surface area contributed by atoms with Crippen LogP contribution in [0.2, 0.25) is 0 Å². The number of carbonyl (C=O) groups is 1. The van der Waals surface area contributed by atoms with E-state index in [-0.39, 0.29) is 6.42 Å². The van der Waals surface area contributed by atoms with E-state index in [1.165, 1.54) is 7.11 Å². The van der Waals surface area contributed by atoms with Gasteiger partial charge in [0.25, 0.3) is 0 Å². The third kappa shape index (κ3) is 2.66. The molecule has 1 N–H and O–H groups in total. The third-order valence-electron chi connectivity index (χ3n) is 1.63. The summed E-state index contributed by atoms with van der Waals surface area (Å²) >= 11 is 4.14. The van der Waals surface area contributed by atoms with Crippen molar-refractivity contribution in [1.29, 1.82) is 0 Å². The molecule has 0 fully saturated rings. The standard InChI is InChI=1S/C9H10O3S/c1-12-7-2-3-8(13)6(4-7)5-9(10)11/h2-4,13H,5H2,1H3,(H,10,11). The number of rotatable bonds is 3. The highest BCUT2D eigenvalue weighted by Gasteiger charge is 2.05. The molecule has 0 atom stereocenters. The smallest absolute Gasteiger partial charge is 0.307 e. The van der Waals surface area contributed by atoms with Crippen molar-refractivity contribution >= 4 is 18.6 Å². The van der Waals surface area contributed by atoms with Crippen LogP contribution < -0.4 is 4.74 Å². The van der Waals surface area contributed by atoms with Crippen molar-refractivity contribution in [3.05, 3.63) is 23.8 Å². The molecule has 3 nitrogen and oxygen atoms in total. The number of aliphatic carboxylic acids is 1. The molecule has 0 saturated heterocycles.